The Hall–Kier alpha value is -4.14. The van der Waals surface area contributed by atoms with E-state index in [0.29, 0.717) is 12.8 Å². The Morgan fingerprint density at radius 3 is 2.30 bits per heavy atom. The number of benzene rings is 2. The number of carboxylic acid groups (broad SMARTS) is 1. The van der Waals surface area contributed by atoms with Crippen molar-refractivity contribution in [2.24, 2.45) is 0 Å². The number of hydrogen-bond donors (Lipinski definition) is 3. The first-order valence-electron chi connectivity index (χ1n) is 10.6. The lowest BCUT2D eigenvalue weighted by atomic mass is 9.98. The van der Waals surface area contributed by atoms with Gasteiger partial charge in [0.05, 0.1) is 6.54 Å². The van der Waals surface area contributed by atoms with Crippen LogP contribution in [0.25, 0.3) is 11.1 Å². The second kappa shape index (κ2) is 8.09. The van der Waals surface area contributed by atoms with E-state index in [4.69, 9.17) is 14.4 Å². The summed E-state index contributed by atoms with van der Waals surface area (Å²) in [4.78, 5) is 35.7. The van der Waals surface area contributed by atoms with Crippen LogP contribution in [0, 0.1) is 0 Å². The standard InChI is InChI=1S/C24H21N3O6/c28-21(26-24(9-10-24)22(29)30)20-11-14(33-27-20)12-25-23(31)32-13-19-17-7-3-1-5-15(17)16-6-2-4-8-18(16)19/h1-8,11,19H,9-10,12-13H2,(H,25,31)(H,26,28)(H,29,30). The van der Waals surface area contributed by atoms with E-state index in [-0.39, 0.29) is 30.5 Å². The van der Waals surface area contributed by atoms with Crippen LogP contribution >= 0.6 is 0 Å². The SMILES string of the molecule is O=C(NCc1cc(C(=O)NC2(C(=O)O)CC2)no1)OCC1c2ccccc2-c2ccccc21. The average Bonchev–Trinajstić information content (AvgIpc) is 3.33. The summed E-state index contributed by atoms with van der Waals surface area (Å²) >= 11 is 0. The van der Waals surface area contributed by atoms with Crippen molar-refractivity contribution >= 4 is 18.0 Å². The van der Waals surface area contributed by atoms with Gasteiger partial charge in [0.1, 0.15) is 12.1 Å². The third-order valence-electron chi connectivity index (χ3n) is 6.05. The first-order chi connectivity index (χ1) is 16.0. The fraction of sp³-hybridized carbons (Fsp3) is 0.250. The number of carboxylic acids is 1. The van der Waals surface area contributed by atoms with Crippen molar-refractivity contribution in [3.05, 3.63) is 77.2 Å². The number of ether oxygens (including phenoxy) is 1. The Bertz CT molecular complexity index is 1200. The van der Waals surface area contributed by atoms with Gasteiger partial charge in [0.25, 0.3) is 5.91 Å². The Morgan fingerprint density at radius 1 is 1.06 bits per heavy atom. The zero-order valence-electron chi connectivity index (χ0n) is 17.5. The van der Waals surface area contributed by atoms with Crippen LogP contribution < -0.4 is 10.6 Å². The molecule has 9 heteroatoms. The van der Waals surface area contributed by atoms with Gasteiger partial charge < -0.3 is 25.0 Å². The van der Waals surface area contributed by atoms with Crippen LogP contribution in [0.2, 0.25) is 0 Å². The maximum Gasteiger partial charge on any atom is 0.407 e. The van der Waals surface area contributed by atoms with Gasteiger partial charge in [-0.15, -0.1) is 0 Å². The molecule has 2 amide bonds. The number of carbonyl (C=O) groups excluding carboxylic acids is 2. The molecule has 0 saturated heterocycles. The highest BCUT2D eigenvalue weighted by atomic mass is 16.5. The monoisotopic (exact) mass is 447 g/mol. The van der Waals surface area contributed by atoms with E-state index in [2.05, 4.69) is 27.9 Å². The molecule has 1 heterocycles. The van der Waals surface area contributed by atoms with Crippen molar-refractivity contribution in [1.82, 2.24) is 15.8 Å². The molecule has 0 spiro atoms. The largest absolute Gasteiger partial charge is 0.480 e. The highest BCUT2D eigenvalue weighted by molar-refractivity contribution is 5.97. The van der Waals surface area contributed by atoms with Crippen molar-refractivity contribution < 1.29 is 28.8 Å². The normalized spacial score (nSPS) is 15.3. The molecular weight excluding hydrogens is 426 g/mol. The first kappa shape index (κ1) is 20.7. The van der Waals surface area contributed by atoms with E-state index < -0.39 is 23.5 Å². The quantitative estimate of drug-likeness (QED) is 0.507. The third kappa shape index (κ3) is 3.93. The number of amides is 2. The molecule has 3 N–H and O–H groups in total. The second-order valence-electron chi connectivity index (χ2n) is 8.20. The summed E-state index contributed by atoms with van der Waals surface area (Å²) < 4.78 is 10.5. The smallest absolute Gasteiger partial charge is 0.407 e. The van der Waals surface area contributed by atoms with E-state index in [0.717, 1.165) is 22.3 Å². The van der Waals surface area contributed by atoms with Crippen molar-refractivity contribution in [1.29, 1.82) is 0 Å². The average molecular weight is 447 g/mol. The lowest BCUT2D eigenvalue weighted by molar-refractivity contribution is -0.140. The minimum atomic E-state index is -1.21. The van der Waals surface area contributed by atoms with E-state index in [1.54, 1.807) is 0 Å². The van der Waals surface area contributed by atoms with Gasteiger partial charge in [-0.2, -0.15) is 0 Å². The number of carbonyl (C=O) groups is 3. The summed E-state index contributed by atoms with van der Waals surface area (Å²) in [5.41, 5.74) is 3.26. The van der Waals surface area contributed by atoms with Crippen LogP contribution in [-0.2, 0) is 16.1 Å². The predicted molar refractivity (Wildman–Crippen MR) is 115 cm³/mol. The Labute approximate surface area is 188 Å². The molecule has 0 atom stereocenters. The van der Waals surface area contributed by atoms with Gasteiger partial charge in [-0.25, -0.2) is 9.59 Å². The number of nitrogens with one attached hydrogen (secondary N) is 2. The van der Waals surface area contributed by atoms with Crippen molar-refractivity contribution in [3.63, 3.8) is 0 Å². The highest BCUT2D eigenvalue weighted by Gasteiger charge is 2.52. The molecule has 168 valence electrons. The summed E-state index contributed by atoms with van der Waals surface area (Å²) in [6, 6.07) is 17.5. The Balaban J connectivity index is 1.16. The van der Waals surface area contributed by atoms with Gasteiger partial charge >= 0.3 is 12.1 Å². The molecule has 1 fully saturated rings. The first-order valence-corrected chi connectivity index (χ1v) is 10.6. The molecule has 0 radical (unpaired) electrons. The zero-order chi connectivity index (χ0) is 23.0. The molecule has 33 heavy (non-hydrogen) atoms. The molecule has 1 aromatic heterocycles. The molecule has 0 bridgehead atoms. The Kier molecular flexibility index (Phi) is 5.08. The topological polar surface area (TPSA) is 131 Å². The molecule has 5 rings (SSSR count). The third-order valence-corrected chi connectivity index (χ3v) is 6.05. The number of aliphatic carboxylic acids is 1. The molecule has 9 nitrogen and oxygen atoms in total. The van der Waals surface area contributed by atoms with Crippen LogP contribution in [0.4, 0.5) is 4.79 Å². The van der Waals surface area contributed by atoms with Crippen LogP contribution in [0.5, 0.6) is 0 Å². The van der Waals surface area contributed by atoms with E-state index in [1.165, 1.54) is 6.07 Å². The molecule has 1 saturated carbocycles. The lowest BCUT2D eigenvalue weighted by Crippen LogP contribution is -2.43. The summed E-state index contributed by atoms with van der Waals surface area (Å²) in [6.07, 6.45) is 0.131. The van der Waals surface area contributed by atoms with Gasteiger partial charge in [-0.05, 0) is 35.1 Å². The number of hydrogen-bond acceptors (Lipinski definition) is 6. The van der Waals surface area contributed by atoms with Crippen LogP contribution in [-0.4, -0.2) is 40.4 Å². The fourth-order valence-electron chi connectivity index (χ4n) is 4.11. The van der Waals surface area contributed by atoms with E-state index in [9.17, 15) is 14.4 Å². The van der Waals surface area contributed by atoms with Gasteiger partial charge in [-0.1, -0.05) is 53.7 Å². The van der Waals surface area contributed by atoms with E-state index >= 15 is 0 Å². The zero-order valence-corrected chi connectivity index (χ0v) is 17.5. The van der Waals surface area contributed by atoms with Gasteiger partial charge in [0, 0.05) is 12.0 Å². The molecule has 2 aliphatic carbocycles. The summed E-state index contributed by atoms with van der Waals surface area (Å²) in [5.74, 6) is -1.51. The molecular formula is C24H21N3O6. The second-order valence-corrected chi connectivity index (χ2v) is 8.20. The number of alkyl carbamates (subject to hydrolysis) is 1. The Morgan fingerprint density at radius 2 is 1.70 bits per heavy atom. The van der Waals surface area contributed by atoms with Crippen LogP contribution in [0.3, 0.4) is 0 Å². The summed E-state index contributed by atoms with van der Waals surface area (Å²) in [6.45, 7) is 0.155. The maximum absolute atomic E-state index is 12.3. The summed E-state index contributed by atoms with van der Waals surface area (Å²) in [7, 11) is 0. The maximum atomic E-state index is 12.3. The van der Waals surface area contributed by atoms with Gasteiger partial charge in [0.2, 0.25) is 0 Å². The number of rotatable bonds is 7. The van der Waals surface area contributed by atoms with Crippen LogP contribution in [0.1, 0.15) is 46.1 Å². The molecule has 0 aliphatic heterocycles. The van der Waals surface area contributed by atoms with Crippen LogP contribution in [0.15, 0.2) is 59.1 Å². The number of aromatic nitrogens is 1. The van der Waals surface area contributed by atoms with Crippen molar-refractivity contribution in [2.75, 3.05) is 6.61 Å². The van der Waals surface area contributed by atoms with Gasteiger partial charge in [-0.3, -0.25) is 4.79 Å². The molecule has 2 aromatic carbocycles. The molecule has 2 aliphatic rings. The van der Waals surface area contributed by atoms with E-state index in [1.807, 2.05) is 36.4 Å². The lowest BCUT2D eigenvalue weighted by Gasteiger charge is -2.14. The molecule has 0 unspecified atom stereocenters. The minimum absolute atomic E-state index is 0.0268. The summed E-state index contributed by atoms with van der Waals surface area (Å²) in [5, 5.41) is 17.9. The van der Waals surface area contributed by atoms with Crippen molar-refractivity contribution in [2.45, 2.75) is 30.8 Å². The number of nitrogens with zero attached hydrogens (tertiary/aromatic N) is 1. The minimum Gasteiger partial charge on any atom is -0.480 e. The fourth-order valence-corrected chi connectivity index (χ4v) is 4.11. The molecule has 3 aromatic rings. The predicted octanol–water partition coefficient (Wildman–Crippen LogP) is 3.06. The highest BCUT2D eigenvalue weighted by Crippen LogP contribution is 2.44. The van der Waals surface area contributed by atoms with Gasteiger partial charge in [0.15, 0.2) is 11.5 Å². The number of fused-ring (bicyclic) bond motifs is 3. The van der Waals surface area contributed by atoms with Crippen molar-refractivity contribution in [3.8, 4) is 11.1 Å².